The average Bonchev–Trinajstić information content (AvgIpc) is 2.30. The van der Waals surface area contributed by atoms with Crippen LogP contribution in [-0.4, -0.2) is 22.5 Å². The van der Waals surface area contributed by atoms with Gasteiger partial charge in [-0.3, -0.25) is 0 Å². The first-order chi connectivity index (χ1) is 6.88. The van der Waals surface area contributed by atoms with Gasteiger partial charge in [-0.25, -0.2) is 0 Å². The van der Waals surface area contributed by atoms with E-state index in [4.69, 9.17) is 0 Å². The van der Waals surface area contributed by atoms with Gasteiger partial charge >= 0.3 is 98.2 Å². The van der Waals surface area contributed by atoms with Gasteiger partial charge in [-0.05, 0) is 0 Å². The first-order valence-electron chi connectivity index (χ1n) is 4.98. The molecule has 14 heavy (non-hydrogen) atoms. The van der Waals surface area contributed by atoms with Crippen molar-refractivity contribution in [1.82, 2.24) is 0 Å². The number of hydrogen-bond donors (Lipinski definition) is 0. The van der Waals surface area contributed by atoms with Gasteiger partial charge in [0, 0.05) is 0 Å². The second-order valence-electron chi connectivity index (χ2n) is 3.54. The maximum atomic E-state index is 2.23. The predicted molar refractivity (Wildman–Crippen MR) is 64.7 cm³/mol. The molecule has 1 heteroatoms. The Morgan fingerprint density at radius 3 is 1.36 bits per heavy atom. The van der Waals surface area contributed by atoms with Crippen LogP contribution < -0.4 is 0 Å². The van der Waals surface area contributed by atoms with Crippen molar-refractivity contribution in [2.75, 3.05) is 0 Å². The monoisotopic (exact) mass is 290 g/mol. The second-order valence-corrected chi connectivity index (χ2v) is 6.84. The summed E-state index contributed by atoms with van der Waals surface area (Å²) in [5, 5.41) is 0. The average molecular weight is 289 g/mol. The van der Waals surface area contributed by atoms with E-state index < -0.39 is 0 Å². The molecular formula is C13H14Sn. The fourth-order valence-corrected chi connectivity index (χ4v) is 3.87. The molecule has 0 unspecified atom stereocenters. The fraction of sp³-hybridized carbons (Fsp3) is 0.0769. The summed E-state index contributed by atoms with van der Waals surface area (Å²) in [5.74, 6) is 0. The van der Waals surface area contributed by atoms with Crippen molar-refractivity contribution in [3.05, 3.63) is 71.8 Å². The van der Waals surface area contributed by atoms with E-state index >= 15 is 0 Å². The maximum absolute atomic E-state index is 2.23. The molecule has 2 rings (SSSR count). The topological polar surface area (TPSA) is 0 Å². The van der Waals surface area contributed by atoms with Gasteiger partial charge in [0.05, 0.1) is 0 Å². The normalized spacial score (nSPS) is 10.6. The standard InChI is InChI=1S/C13H11.Sn.3H/c1-3-7-12(8-4-1)11-13-9-5-2-6-10-13;;;;/h1-11H;;;;. The van der Waals surface area contributed by atoms with E-state index in [0.29, 0.717) is 26.5 Å². The third kappa shape index (κ3) is 2.18. The van der Waals surface area contributed by atoms with Gasteiger partial charge in [-0.1, -0.05) is 0 Å². The molecule has 2 aromatic carbocycles. The molecule has 0 aromatic heterocycles. The summed E-state index contributed by atoms with van der Waals surface area (Å²) in [4.78, 5) is 0. The molecule has 0 aliphatic carbocycles. The summed E-state index contributed by atoms with van der Waals surface area (Å²) in [5.41, 5.74) is 2.93. The molecule has 0 aliphatic rings. The number of benzene rings is 2. The molecule has 0 bridgehead atoms. The van der Waals surface area contributed by atoms with E-state index in [1.807, 2.05) is 0 Å². The summed E-state index contributed by atoms with van der Waals surface area (Å²) in [6.45, 7) is 0. The SMILES string of the molecule is [SnH3][CH](c1ccccc1)c1ccccc1. The van der Waals surface area contributed by atoms with Crippen LogP contribution in [0, 0.1) is 0 Å². The summed E-state index contributed by atoms with van der Waals surface area (Å²) >= 11 is 0.613. The molecule has 0 fully saturated rings. The van der Waals surface area contributed by atoms with Crippen molar-refractivity contribution in [3.8, 4) is 0 Å². The van der Waals surface area contributed by atoms with Gasteiger partial charge in [-0.2, -0.15) is 0 Å². The fourth-order valence-electron chi connectivity index (χ4n) is 1.68. The van der Waals surface area contributed by atoms with Crippen LogP contribution in [0.5, 0.6) is 0 Å². The van der Waals surface area contributed by atoms with Crippen LogP contribution in [0.2, 0.25) is 0 Å². The minimum atomic E-state index is 0.613. The first-order valence-corrected chi connectivity index (χ1v) is 8.27. The Kier molecular flexibility index (Phi) is 3.25. The van der Waals surface area contributed by atoms with Gasteiger partial charge in [-0.15, -0.1) is 0 Å². The zero-order valence-electron chi connectivity index (χ0n) is 8.35. The van der Waals surface area contributed by atoms with E-state index in [9.17, 15) is 0 Å². The van der Waals surface area contributed by atoms with Crippen molar-refractivity contribution in [1.29, 1.82) is 0 Å². The molecule has 70 valence electrons. The van der Waals surface area contributed by atoms with Crippen molar-refractivity contribution in [3.63, 3.8) is 0 Å². The Labute approximate surface area is 98.1 Å². The van der Waals surface area contributed by atoms with E-state index in [0.717, 1.165) is 0 Å². The van der Waals surface area contributed by atoms with Crippen LogP contribution in [0.25, 0.3) is 0 Å². The Morgan fingerprint density at radius 2 is 1.00 bits per heavy atom. The second kappa shape index (κ2) is 4.65. The molecule has 0 saturated carbocycles. The summed E-state index contributed by atoms with van der Waals surface area (Å²) in [6, 6.07) is 21.6. The molecule has 0 nitrogen and oxygen atoms in total. The molecule has 0 atom stereocenters. The van der Waals surface area contributed by atoms with E-state index in [2.05, 4.69) is 60.7 Å². The molecule has 0 heterocycles. The molecule has 0 N–H and O–H groups in total. The van der Waals surface area contributed by atoms with Crippen LogP contribution in [0.15, 0.2) is 60.7 Å². The Bertz CT molecular complexity index is 341. The third-order valence-corrected chi connectivity index (χ3v) is 6.40. The molecular weight excluding hydrogens is 275 g/mol. The van der Waals surface area contributed by atoms with E-state index in [-0.39, 0.29) is 0 Å². The van der Waals surface area contributed by atoms with Gasteiger partial charge in [0.1, 0.15) is 0 Å². The van der Waals surface area contributed by atoms with Crippen molar-refractivity contribution in [2.24, 2.45) is 0 Å². The van der Waals surface area contributed by atoms with Crippen molar-refractivity contribution >= 4 is 22.5 Å². The molecule has 0 amide bonds. The number of hydrogen-bond acceptors (Lipinski definition) is 0. The summed E-state index contributed by atoms with van der Waals surface area (Å²) < 4.78 is 0.694. The first kappa shape index (κ1) is 9.78. The molecule has 0 spiro atoms. The Hall–Kier alpha value is -0.761. The summed E-state index contributed by atoms with van der Waals surface area (Å²) in [7, 11) is 0. The van der Waals surface area contributed by atoms with Crippen LogP contribution in [0.1, 0.15) is 15.1 Å². The van der Waals surface area contributed by atoms with Crippen LogP contribution in [0.3, 0.4) is 0 Å². The van der Waals surface area contributed by atoms with Crippen LogP contribution in [0.4, 0.5) is 0 Å². The molecule has 0 saturated heterocycles. The van der Waals surface area contributed by atoms with Crippen LogP contribution in [-0.2, 0) is 0 Å². The van der Waals surface area contributed by atoms with Crippen molar-refractivity contribution < 1.29 is 0 Å². The van der Waals surface area contributed by atoms with Gasteiger partial charge in [0.15, 0.2) is 0 Å². The van der Waals surface area contributed by atoms with Gasteiger partial charge < -0.3 is 0 Å². The van der Waals surface area contributed by atoms with Crippen molar-refractivity contribution in [2.45, 2.75) is 3.93 Å². The minimum absolute atomic E-state index is 0.613. The zero-order chi connectivity index (χ0) is 9.80. The van der Waals surface area contributed by atoms with Gasteiger partial charge in [0.25, 0.3) is 0 Å². The predicted octanol–water partition coefficient (Wildman–Crippen LogP) is 2.14. The van der Waals surface area contributed by atoms with Gasteiger partial charge in [0.2, 0.25) is 0 Å². The van der Waals surface area contributed by atoms with E-state index in [1.54, 1.807) is 0 Å². The third-order valence-electron chi connectivity index (χ3n) is 2.60. The Morgan fingerprint density at radius 1 is 0.643 bits per heavy atom. The molecule has 2 aromatic rings. The molecule has 0 aliphatic heterocycles. The van der Waals surface area contributed by atoms with E-state index in [1.165, 1.54) is 11.1 Å². The molecule has 0 radical (unpaired) electrons. The summed E-state index contributed by atoms with van der Waals surface area (Å²) in [6.07, 6.45) is 0. The quantitative estimate of drug-likeness (QED) is 0.743. The Balaban J connectivity index is 2.30. The van der Waals surface area contributed by atoms with Crippen LogP contribution >= 0.6 is 0 Å². The number of rotatable bonds is 2. The zero-order valence-corrected chi connectivity index (χ0v) is 14.1.